The zero-order valence-electron chi connectivity index (χ0n) is 12.1. The van der Waals surface area contributed by atoms with Gasteiger partial charge in [-0.1, -0.05) is 12.1 Å². The number of ether oxygens (including phenoxy) is 2. The number of benzene rings is 2. The van der Waals surface area contributed by atoms with E-state index in [0.717, 1.165) is 5.75 Å². The third-order valence-electron chi connectivity index (χ3n) is 3.79. The summed E-state index contributed by atoms with van der Waals surface area (Å²) in [5.74, 6) is 3.59. The van der Waals surface area contributed by atoms with Gasteiger partial charge in [-0.15, -0.1) is 0 Å². The minimum atomic E-state index is -0.215. The third kappa shape index (κ3) is 2.79. The van der Waals surface area contributed by atoms with Crippen molar-refractivity contribution in [2.75, 3.05) is 18.6 Å². The molecule has 1 saturated heterocycles. The fourth-order valence-corrected chi connectivity index (χ4v) is 5.19. The summed E-state index contributed by atoms with van der Waals surface area (Å²) in [6, 6.07) is 13.0. The smallest absolute Gasteiger partial charge is 0.196 e. The number of hydrogen-bond donors (Lipinski definition) is 0. The van der Waals surface area contributed by atoms with Crippen LogP contribution in [0.1, 0.15) is 19.8 Å². The highest BCUT2D eigenvalue weighted by Gasteiger charge is 2.28. The maximum absolute atomic E-state index is 5.72. The van der Waals surface area contributed by atoms with Crippen molar-refractivity contribution in [2.24, 2.45) is 0 Å². The van der Waals surface area contributed by atoms with E-state index in [1.807, 2.05) is 6.92 Å². The van der Waals surface area contributed by atoms with Crippen molar-refractivity contribution in [2.45, 2.75) is 31.0 Å². The Morgan fingerprint density at radius 1 is 1.10 bits per heavy atom. The Kier molecular flexibility index (Phi) is 4.18. The number of rotatable bonds is 4. The Bertz CT molecular complexity index is 591. The molecule has 1 aliphatic heterocycles. The second-order valence-electron chi connectivity index (χ2n) is 5.17. The van der Waals surface area contributed by atoms with Gasteiger partial charge in [-0.2, -0.15) is 0 Å². The lowest BCUT2D eigenvalue weighted by Gasteiger charge is -2.13. The molecule has 106 valence electrons. The molecular weight excluding hydrogens is 268 g/mol. The number of fused-ring (bicyclic) bond motifs is 1. The first-order chi connectivity index (χ1) is 9.78. The molecule has 0 spiro atoms. The summed E-state index contributed by atoms with van der Waals surface area (Å²) < 4.78 is 10.9. The van der Waals surface area contributed by atoms with Gasteiger partial charge >= 0.3 is 0 Å². The van der Waals surface area contributed by atoms with Crippen LogP contribution in [0.5, 0.6) is 5.75 Å². The van der Waals surface area contributed by atoms with Crippen LogP contribution < -0.4 is 4.74 Å². The third-order valence-corrected chi connectivity index (χ3v) is 6.33. The molecule has 20 heavy (non-hydrogen) atoms. The molecule has 0 aromatic heterocycles. The van der Waals surface area contributed by atoms with Crippen molar-refractivity contribution in [3.8, 4) is 5.75 Å². The Morgan fingerprint density at radius 3 is 2.65 bits per heavy atom. The van der Waals surface area contributed by atoms with Crippen molar-refractivity contribution in [1.82, 2.24) is 0 Å². The van der Waals surface area contributed by atoms with E-state index in [2.05, 4.69) is 36.4 Å². The van der Waals surface area contributed by atoms with Gasteiger partial charge in [0.25, 0.3) is 0 Å². The van der Waals surface area contributed by atoms with Gasteiger partial charge in [-0.05, 0) is 49.4 Å². The van der Waals surface area contributed by atoms with Gasteiger partial charge in [-0.25, -0.2) is 0 Å². The van der Waals surface area contributed by atoms with Crippen LogP contribution in [-0.4, -0.2) is 24.9 Å². The molecule has 1 heterocycles. The molecule has 0 bridgehead atoms. The SMILES string of the molecule is COC(C)Oc1ccc2c([S+]3CCCC3)cccc2c1. The lowest BCUT2D eigenvalue weighted by atomic mass is 10.1. The maximum Gasteiger partial charge on any atom is 0.196 e. The van der Waals surface area contributed by atoms with E-state index in [1.165, 1.54) is 40.0 Å². The summed E-state index contributed by atoms with van der Waals surface area (Å²) in [4.78, 5) is 1.53. The van der Waals surface area contributed by atoms with Crippen LogP contribution in [0.2, 0.25) is 0 Å². The van der Waals surface area contributed by atoms with E-state index in [-0.39, 0.29) is 6.29 Å². The minimum absolute atomic E-state index is 0.215. The summed E-state index contributed by atoms with van der Waals surface area (Å²) >= 11 is 0. The standard InChI is InChI=1S/C17H21O2S/c1-13(18-2)19-15-8-9-16-14(12-15)6-5-7-17(16)20-10-3-4-11-20/h5-9,12-13H,3-4,10-11H2,1-2H3/q+1. The van der Waals surface area contributed by atoms with Crippen molar-refractivity contribution in [1.29, 1.82) is 0 Å². The molecule has 2 nitrogen and oxygen atoms in total. The first-order valence-corrected chi connectivity index (χ1v) is 8.74. The van der Waals surface area contributed by atoms with E-state index in [9.17, 15) is 0 Å². The predicted octanol–water partition coefficient (Wildman–Crippen LogP) is 3.98. The average Bonchev–Trinajstić information content (AvgIpc) is 3.00. The molecule has 1 fully saturated rings. The van der Waals surface area contributed by atoms with Gasteiger partial charge in [0.05, 0.1) is 0 Å². The highest BCUT2D eigenvalue weighted by Crippen LogP contribution is 2.31. The number of hydrogen-bond acceptors (Lipinski definition) is 2. The summed E-state index contributed by atoms with van der Waals surface area (Å²) in [6.07, 6.45) is 2.55. The van der Waals surface area contributed by atoms with Crippen molar-refractivity contribution in [3.05, 3.63) is 36.4 Å². The molecule has 0 saturated carbocycles. The maximum atomic E-state index is 5.72. The van der Waals surface area contributed by atoms with E-state index in [4.69, 9.17) is 9.47 Å². The summed E-state index contributed by atoms with van der Waals surface area (Å²) in [5.41, 5.74) is 0. The monoisotopic (exact) mass is 289 g/mol. The van der Waals surface area contributed by atoms with Crippen LogP contribution in [0.15, 0.2) is 41.3 Å². The van der Waals surface area contributed by atoms with Crippen LogP contribution in [0.3, 0.4) is 0 Å². The molecule has 1 atom stereocenters. The molecule has 0 aliphatic carbocycles. The Hall–Kier alpha value is -1.19. The molecule has 3 rings (SSSR count). The van der Waals surface area contributed by atoms with Crippen LogP contribution in [0.25, 0.3) is 10.8 Å². The first-order valence-electron chi connectivity index (χ1n) is 7.17. The van der Waals surface area contributed by atoms with Gasteiger partial charge in [-0.3, -0.25) is 0 Å². The zero-order chi connectivity index (χ0) is 13.9. The highest BCUT2D eigenvalue weighted by atomic mass is 32.2. The van der Waals surface area contributed by atoms with E-state index < -0.39 is 0 Å². The fourth-order valence-electron chi connectivity index (χ4n) is 2.67. The Morgan fingerprint density at radius 2 is 1.90 bits per heavy atom. The largest absolute Gasteiger partial charge is 0.465 e. The quantitative estimate of drug-likeness (QED) is 0.626. The molecule has 3 heteroatoms. The van der Waals surface area contributed by atoms with Crippen LogP contribution in [0.4, 0.5) is 0 Å². The average molecular weight is 289 g/mol. The van der Waals surface area contributed by atoms with Gasteiger partial charge in [0.1, 0.15) is 17.3 Å². The second-order valence-corrected chi connectivity index (χ2v) is 7.41. The van der Waals surface area contributed by atoms with E-state index in [0.29, 0.717) is 10.9 Å². The van der Waals surface area contributed by atoms with Gasteiger partial charge in [0, 0.05) is 23.4 Å². The lowest BCUT2D eigenvalue weighted by molar-refractivity contribution is -0.0381. The van der Waals surface area contributed by atoms with Crippen LogP contribution in [-0.2, 0) is 15.6 Å². The van der Waals surface area contributed by atoms with Crippen LogP contribution >= 0.6 is 0 Å². The molecule has 2 aromatic carbocycles. The normalized spacial score (nSPS) is 17.5. The predicted molar refractivity (Wildman–Crippen MR) is 85.6 cm³/mol. The topological polar surface area (TPSA) is 18.5 Å². The summed E-state index contributed by atoms with van der Waals surface area (Å²) in [5, 5.41) is 2.65. The van der Waals surface area contributed by atoms with Gasteiger partial charge in [0.15, 0.2) is 11.2 Å². The van der Waals surface area contributed by atoms with Gasteiger partial charge < -0.3 is 9.47 Å². The minimum Gasteiger partial charge on any atom is -0.465 e. The lowest BCUT2D eigenvalue weighted by Crippen LogP contribution is -2.13. The van der Waals surface area contributed by atoms with Crippen molar-refractivity contribution in [3.63, 3.8) is 0 Å². The van der Waals surface area contributed by atoms with Gasteiger partial charge in [0.2, 0.25) is 0 Å². The Balaban J connectivity index is 1.95. The van der Waals surface area contributed by atoms with E-state index in [1.54, 1.807) is 7.11 Å². The molecule has 0 radical (unpaired) electrons. The zero-order valence-corrected chi connectivity index (χ0v) is 12.9. The van der Waals surface area contributed by atoms with Crippen molar-refractivity contribution >= 4 is 21.7 Å². The number of methoxy groups -OCH3 is 1. The first kappa shape index (κ1) is 13.8. The molecule has 0 N–H and O–H groups in total. The van der Waals surface area contributed by atoms with Crippen molar-refractivity contribution < 1.29 is 9.47 Å². The molecular formula is C17H21O2S+. The van der Waals surface area contributed by atoms with E-state index >= 15 is 0 Å². The highest BCUT2D eigenvalue weighted by molar-refractivity contribution is 7.97. The second kappa shape index (κ2) is 6.06. The summed E-state index contributed by atoms with van der Waals surface area (Å²) in [6.45, 7) is 1.90. The molecule has 0 amide bonds. The summed E-state index contributed by atoms with van der Waals surface area (Å²) in [7, 11) is 2.11. The fraction of sp³-hybridized carbons (Fsp3) is 0.412. The van der Waals surface area contributed by atoms with Crippen LogP contribution in [0, 0.1) is 0 Å². The Labute approximate surface area is 123 Å². The molecule has 1 aliphatic rings. The molecule has 1 unspecified atom stereocenters. The molecule has 2 aromatic rings.